The second kappa shape index (κ2) is 9.65. The number of benzene rings is 3. The normalized spacial score (nSPS) is 14.6. The Balaban J connectivity index is 1.58. The van der Waals surface area contributed by atoms with E-state index < -0.39 is 6.04 Å². The molecule has 0 saturated heterocycles. The van der Waals surface area contributed by atoms with E-state index in [9.17, 15) is 9.90 Å². The van der Waals surface area contributed by atoms with Gasteiger partial charge in [-0.25, -0.2) is 0 Å². The number of amides is 1. The average Bonchev–Trinajstić information content (AvgIpc) is 3.46. The Morgan fingerprint density at radius 2 is 1.69 bits per heavy atom. The number of nitrogens with zero attached hydrogens (tertiary/aromatic N) is 2. The molecule has 1 aliphatic heterocycles. The van der Waals surface area contributed by atoms with Gasteiger partial charge in [0.05, 0.1) is 27.4 Å². The number of fused-ring (bicyclic) bond motifs is 1. The molecule has 0 saturated carbocycles. The van der Waals surface area contributed by atoms with Gasteiger partial charge in [0, 0.05) is 17.7 Å². The minimum Gasteiger partial charge on any atom is -0.507 e. The molecule has 0 radical (unpaired) electrons. The van der Waals surface area contributed by atoms with Crippen LogP contribution in [-0.2, 0) is 6.42 Å². The number of hydrogen-bond acceptors (Lipinski definition) is 6. The minimum absolute atomic E-state index is 0.0991. The van der Waals surface area contributed by atoms with E-state index in [4.69, 9.17) is 14.2 Å². The summed E-state index contributed by atoms with van der Waals surface area (Å²) in [5.74, 6) is 1.91. The van der Waals surface area contributed by atoms with E-state index >= 15 is 0 Å². The van der Waals surface area contributed by atoms with Gasteiger partial charge in [0.25, 0.3) is 5.91 Å². The van der Waals surface area contributed by atoms with Crippen molar-refractivity contribution in [1.29, 1.82) is 0 Å². The van der Waals surface area contributed by atoms with Crippen LogP contribution >= 0.6 is 0 Å². The van der Waals surface area contributed by atoms with Crippen molar-refractivity contribution in [3.8, 4) is 34.3 Å². The van der Waals surface area contributed by atoms with Crippen LogP contribution in [0.3, 0.4) is 0 Å². The van der Waals surface area contributed by atoms with Gasteiger partial charge in [-0.15, -0.1) is 0 Å². The topological polar surface area (TPSA) is 96.9 Å². The molecule has 2 heterocycles. The lowest BCUT2D eigenvalue weighted by Crippen LogP contribution is -2.31. The van der Waals surface area contributed by atoms with E-state index in [0.29, 0.717) is 41.4 Å². The number of ether oxygens (including phenoxy) is 3. The van der Waals surface area contributed by atoms with Crippen molar-refractivity contribution in [2.75, 3.05) is 27.9 Å². The first kappa shape index (κ1) is 23.3. The zero-order valence-corrected chi connectivity index (χ0v) is 20.3. The van der Waals surface area contributed by atoms with Crippen LogP contribution in [0.5, 0.6) is 23.0 Å². The maximum Gasteiger partial charge on any atom is 0.273 e. The Morgan fingerprint density at radius 1 is 0.944 bits per heavy atom. The first-order chi connectivity index (χ1) is 17.5. The van der Waals surface area contributed by atoms with Crippen LogP contribution in [0.25, 0.3) is 11.3 Å². The number of phenolic OH excluding ortho intramolecular Hbond substituents is 1. The van der Waals surface area contributed by atoms with Crippen molar-refractivity contribution < 1.29 is 24.1 Å². The Labute approximate surface area is 209 Å². The summed E-state index contributed by atoms with van der Waals surface area (Å²) in [5, 5.41) is 17.9. The Morgan fingerprint density at radius 3 is 2.39 bits per heavy atom. The molecule has 184 valence electrons. The van der Waals surface area contributed by atoms with Gasteiger partial charge < -0.3 is 24.2 Å². The minimum atomic E-state index is -0.432. The van der Waals surface area contributed by atoms with E-state index in [2.05, 4.69) is 10.2 Å². The Bertz CT molecular complexity index is 1400. The van der Waals surface area contributed by atoms with Gasteiger partial charge in [0.1, 0.15) is 22.9 Å². The first-order valence-electron chi connectivity index (χ1n) is 11.6. The fourth-order valence-corrected chi connectivity index (χ4v) is 4.72. The smallest absolute Gasteiger partial charge is 0.273 e. The Hall–Kier alpha value is -4.46. The number of aromatic hydroxyl groups is 1. The van der Waals surface area contributed by atoms with Crippen LogP contribution in [0.2, 0.25) is 0 Å². The molecule has 3 aromatic carbocycles. The largest absolute Gasteiger partial charge is 0.507 e. The lowest BCUT2D eigenvalue weighted by atomic mass is 9.95. The number of methoxy groups -OCH3 is 3. The van der Waals surface area contributed by atoms with Crippen LogP contribution in [0.1, 0.15) is 33.2 Å². The number of carbonyl (C=O) groups is 1. The predicted octanol–water partition coefficient (Wildman–Crippen LogP) is 4.60. The van der Waals surface area contributed by atoms with E-state index in [0.717, 1.165) is 22.4 Å². The number of para-hydroxylation sites is 1. The summed E-state index contributed by atoms with van der Waals surface area (Å²) >= 11 is 0. The summed E-state index contributed by atoms with van der Waals surface area (Å²) < 4.78 is 16.2. The predicted molar refractivity (Wildman–Crippen MR) is 135 cm³/mol. The van der Waals surface area contributed by atoms with Gasteiger partial charge in [-0.2, -0.15) is 5.10 Å². The van der Waals surface area contributed by atoms with Crippen LogP contribution in [0.15, 0.2) is 66.7 Å². The standard InChI is InChI=1S/C28H27N3O5/c1-34-19-11-8-17(9-12-19)14-15-31-27(18-10-13-22(35-2)23(16-18)36-3)24-25(29-30-26(24)28(31)33)20-6-4-5-7-21(20)32/h4-13,16,27,32H,14-15H2,1-3H3,(H,29,30)/t27-/m1/s1. The summed E-state index contributed by atoms with van der Waals surface area (Å²) in [6, 6.07) is 20.0. The first-order valence-corrected chi connectivity index (χ1v) is 11.6. The molecule has 4 aromatic rings. The van der Waals surface area contributed by atoms with Gasteiger partial charge in [-0.1, -0.05) is 30.3 Å². The SMILES string of the molecule is COc1ccc(CCN2C(=O)c3[nH]nc(-c4ccccc4O)c3[C@H]2c2ccc(OC)c(OC)c2)cc1. The highest BCUT2D eigenvalue weighted by atomic mass is 16.5. The summed E-state index contributed by atoms with van der Waals surface area (Å²) in [4.78, 5) is 15.5. The molecule has 1 atom stereocenters. The molecule has 1 aliphatic rings. The molecular formula is C28H27N3O5. The van der Waals surface area contributed by atoms with E-state index in [1.54, 1.807) is 39.5 Å². The number of hydrogen-bond donors (Lipinski definition) is 2. The number of phenols is 1. The molecule has 2 N–H and O–H groups in total. The van der Waals surface area contributed by atoms with Gasteiger partial charge in [-0.05, 0) is 53.9 Å². The summed E-state index contributed by atoms with van der Waals surface area (Å²) in [6.45, 7) is 0.479. The van der Waals surface area contributed by atoms with Crippen molar-refractivity contribution in [3.05, 3.63) is 89.1 Å². The highest BCUT2D eigenvalue weighted by Crippen LogP contribution is 2.45. The lowest BCUT2D eigenvalue weighted by molar-refractivity contribution is 0.0745. The third-order valence-electron chi connectivity index (χ3n) is 6.55. The number of carbonyl (C=O) groups excluding carboxylic acids is 1. The fraction of sp³-hybridized carbons (Fsp3) is 0.214. The molecule has 0 spiro atoms. The van der Waals surface area contributed by atoms with Crippen LogP contribution in [-0.4, -0.2) is 54.0 Å². The highest BCUT2D eigenvalue weighted by molar-refractivity contribution is 6.00. The molecule has 0 unspecified atom stereocenters. The molecule has 8 heteroatoms. The van der Waals surface area contributed by atoms with Crippen molar-refractivity contribution in [2.45, 2.75) is 12.5 Å². The number of nitrogens with one attached hydrogen (secondary N) is 1. The van der Waals surface area contributed by atoms with E-state index in [-0.39, 0.29) is 11.7 Å². The van der Waals surface area contributed by atoms with Crippen LogP contribution < -0.4 is 14.2 Å². The number of aromatic nitrogens is 2. The van der Waals surface area contributed by atoms with Gasteiger partial charge >= 0.3 is 0 Å². The molecule has 0 fully saturated rings. The lowest BCUT2D eigenvalue weighted by Gasteiger charge is -2.27. The summed E-state index contributed by atoms with van der Waals surface area (Å²) in [5.41, 5.74) is 4.19. The van der Waals surface area contributed by atoms with Gasteiger partial charge in [-0.3, -0.25) is 9.89 Å². The summed E-state index contributed by atoms with van der Waals surface area (Å²) in [6.07, 6.45) is 0.656. The molecule has 8 nitrogen and oxygen atoms in total. The summed E-state index contributed by atoms with van der Waals surface area (Å²) in [7, 11) is 4.80. The molecule has 5 rings (SSSR count). The number of aromatic amines is 1. The molecule has 0 aliphatic carbocycles. The maximum absolute atomic E-state index is 13.6. The van der Waals surface area contributed by atoms with Crippen LogP contribution in [0.4, 0.5) is 0 Å². The average molecular weight is 486 g/mol. The fourth-order valence-electron chi connectivity index (χ4n) is 4.72. The van der Waals surface area contributed by atoms with Crippen LogP contribution in [0, 0.1) is 0 Å². The Kier molecular flexibility index (Phi) is 6.25. The molecule has 1 amide bonds. The van der Waals surface area contributed by atoms with Crippen molar-refractivity contribution in [3.63, 3.8) is 0 Å². The zero-order valence-electron chi connectivity index (χ0n) is 20.3. The van der Waals surface area contributed by atoms with Crippen molar-refractivity contribution in [2.24, 2.45) is 0 Å². The monoisotopic (exact) mass is 485 g/mol. The van der Waals surface area contributed by atoms with E-state index in [1.165, 1.54) is 0 Å². The van der Waals surface area contributed by atoms with Crippen molar-refractivity contribution in [1.82, 2.24) is 15.1 Å². The number of rotatable bonds is 8. The van der Waals surface area contributed by atoms with Crippen molar-refractivity contribution >= 4 is 5.91 Å². The third kappa shape index (κ3) is 4.00. The highest BCUT2D eigenvalue weighted by Gasteiger charge is 2.42. The second-order valence-corrected chi connectivity index (χ2v) is 8.49. The quantitative estimate of drug-likeness (QED) is 0.379. The van der Waals surface area contributed by atoms with Gasteiger partial charge in [0.15, 0.2) is 11.5 Å². The second-order valence-electron chi connectivity index (χ2n) is 8.49. The third-order valence-corrected chi connectivity index (χ3v) is 6.55. The molecule has 36 heavy (non-hydrogen) atoms. The molecular weight excluding hydrogens is 458 g/mol. The molecule has 0 bridgehead atoms. The van der Waals surface area contributed by atoms with Gasteiger partial charge in [0.2, 0.25) is 0 Å². The van der Waals surface area contributed by atoms with E-state index in [1.807, 2.05) is 53.4 Å². The zero-order chi connectivity index (χ0) is 25.2. The maximum atomic E-state index is 13.6. The number of H-pyrrole nitrogens is 1. The molecule has 1 aromatic heterocycles.